The minimum atomic E-state index is -2.41. The monoisotopic (exact) mass is 269 g/mol. The molecule has 0 saturated heterocycles. The summed E-state index contributed by atoms with van der Waals surface area (Å²) in [6.07, 6.45) is -0.287. The summed E-state index contributed by atoms with van der Waals surface area (Å²) < 4.78 is 26.8. The molecule has 1 aliphatic heterocycles. The van der Waals surface area contributed by atoms with Gasteiger partial charge in [0.05, 0.1) is 12.4 Å². The summed E-state index contributed by atoms with van der Waals surface area (Å²) in [7, 11) is -2.41. The molecule has 0 aliphatic carbocycles. The molecule has 98 valence electrons. The molecule has 1 aromatic rings. The first-order chi connectivity index (χ1) is 8.60. The predicted octanol–water partition coefficient (Wildman–Crippen LogP) is 0.649. The number of hydrogen-bond acceptors (Lipinski definition) is 5. The Morgan fingerprint density at radius 1 is 1.33 bits per heavy atom. The van der Waals surface area contributed by atoms with Crippen LogP contribution in [0.15, 0.2) is 29.3 Å². The van der Waals surface area contributed by atoms with Crippen molar-refractivity contribution in [2.75, 3.05) is 6.61 Å². The van der Waals surface area contributed by atoms with Crippen LogP contribution in [0.2, 0.25) is 0 Å². The molecule has 1 aromatic carbocycles. The number of rotatable bonds is 4. The zero-order chi connectivity index (χ0) is 13.1. The highest BCUT2D eigenvalue weighted by Crippen LogP contribution is 2.29. The van der Waals surface area contributed by atoms with Crippen LogP contribution in [-0.4, -0.2) is 32.1 Å². The van der Waals surface area contributed by atoms with E-state index < -0.39 is 10.7 Å². The molecule has 0 saturated carbocycles. The second-order valence-electron chi connectivity index (χ2n) is 4.17. The van der Waals surface area contributed by atoms with Gasteiger partial charge in [0.25, 0.3) is 0 Å². The lowest BCUT2D eigenvalue weighted by Gasteiger charge is -2.16. The van der Waals surface area contributed by atoms with Crippen LogP contribution >= 0.6 is 0 Å². The number of thiol groups is 1. The van der Waals surface area contributed by atoms with Gasteiger partial charge in [-0.1, -0.05) is 24.3 Å². The van der Waals surface area contributed by atoms with Gasteiger partial charge in [-0.25, -0.2) is 13.4 Å². The van der Waals surface area contributed by atoms with Crippen molar-refractivity contribution in [1.82, 2.24) is 0 Å². The van der Waals surface area contributed by atoms with Crippen molar-refractivity contribution < 1.29 is 18.3 Å². The smallest absolute Gasteiger partial charge is 0.181 e. The zero-order valence-electron chi connectivity index (χ0n) is 9.94. The molecule has 0 fully saturated rings. The van der Waals surface area contributed by atoms with Crippen molar-refractivity contribution in [2.24, 2.45) is 4.99 Å². The van der Waals surface area contributed by atoms with E-state index in [-0.39, 0.29) is 24.5 Å². The fraction of sp³-hybridized carbons (Fsp3) is 0.417. The van der Waals surface area contributed by atoms with Crippen LogP contribution in [-0.2, 0) is 21.2 Å². The molecular formula is C12H15NO4S. The summed E-state index contributed by atoms with van der Waals surface area (Å²) >= 11 is 0. The van der Waals surface area contributed by atoms with Crippen LogP contribution in [0.25, 0.3) is 0 Å². The average Bonchev–Trinajstić information content (AvgIpc) is 2.71. The number of ether oxygens (including phenoxy) is 1. The van der Waals surface area contributed by atoms with E-state index in [2.05, 4.69) is 4.99 Å². The predicted molar refractivity (Wildman–Crippen MR) is 68.3 cm³/mol. The number of hydrogen-bond donors (Lipinski definition) is 2. The fourth-order valence-electron chi connectivity index (χ4n) is 1.98. The lowest BCUT2D eigenvalue weighted by atomic mass is 10.0. The van der Waals surface area contributed by atoms with Crippen molar-refractivity contribution >= 4 is 16.6 Å². The molecule has 0 bridgehead atoms. The maximum atomic E-state index is 10.6. The van der Waals surface area contributed by atoms with Crippen LogP contribution in [0, 0.1) is 0 Å². The van der Waals surface area contributed by atoms with Gasteiger partial charge in [0, 0.05) is 6.92 Å². The van der Waals surface area contributed by atoms with Gasteiger partial charge in [-0.15, -0.1) is 0 Å². The first-order valence-electron chi connectivity index (χ1n) is 5.62. The zero-order valence-corrected chi connectivity index (χ0v) is 10.8. The van der Waals surface area contributed by atoms with Crippen molar-refractivity contribution in [2.45, 2.75) is 24.8 Å². The van der Waals surface area contributed by atoms with Crippen LogP contribution in [0.3, 0.4) is 0 Å². The third kappa shape index (κ3) is 2.88. The van der Waals surface area contributed by atoms with Gasteiger partial charge >= 0.3 is 0 Å². The Balaban J connectivity index is 2.15. The van der Waals surface area contributed by atoms with Crippen molar-refractivity contribution in [1.29, 1.82) is 0 Å². The van der Waals surface area contributed by atoms with E-state index in [0.717, 1.165) is 11.1 Å². The van der Waals surface area contributed by atoms with Crippen LogP contribution < -0.4 is 0 Å². The molecule has 0 aromatic heterocycles. The summed E-state index contributed by atoms with van der Waals surface area (Å²) in [5, 5.41) is 9.22. The third-order valence-corrected chi connectivity index (χ3v) is 3.42. The molecule has 6 heteroatoms. The molecule has 0 unspecified atom stereocenters. The van der Waals surface area contributed by atoms with Gasteiger partial charge in [-0.3, -0.25) is 0 Å². The lowest BCUT2D eigenvalue weighted by molar-refractivity contribution is 0.150. The fourth-order valence-corrected chi connectivity index (χ4v) is 2.49. The van der Waals surface area contributed by atoms with Gasteiger partial charge in [-0.2, -0.15) is 0 Å². The third-order valence-electron chi connectivity index (χ3n) is 2.80. The van der Waals surface area contributed by atoms with E-state index in [1.807, 2.05) is 12.1 Å². The quantitative estimate of drug-likeness (QED) is 0.787. The van der Waals surface area contributed by atoms with E-state index in [1.165, 1.54) is 0 Å². The molecule has 1 N–H and O–H groups in total. The van der Waals surface area contributed by atoms with E-state index >= 15 is 0 Å². The minimum Gasteiger partial charge on any atom is -0.471 e. The number of aliphatic hydroxyl groups excluding tert-OH is 1. The molecular weight excluding hydrogens is 254 g/mol. The summed E-state index contributed by atoms with van der Waals surface area (Å²) in [6.45, 7) is 1.68. The summed E-state index contributed by atoms with van der Waals surface area (Å²) in [4.78, 5) is 4.18. The Bertz CT molecular complexity index is 513. The first-order valence-corrected chi connectivity index (χ1v) is 6.99. The molecule has 1 aliphatic rings. The van der Waals surface area contributed by atoms with Gasteiger partial charge in [-0.05, 0) is 11.1 Å². The van der Waals surface area contributed by atoms with Crippen molar-refractivity contribution in [3.05, 3.63) is 35.4 Å². The Labute approximate surface area is 107 Å². The van der Waals surface area contributed by atoms with Crippen LogP contribution in [0.1, 0.15) is 24.2 Å². The number of nitrogens with zero attached hydrogens (tertiary/aromatic N) is 1. The Morgan fingerprint density at radius 2 is 2.00 bits per heavy atom. The van der Waals surface area contributed by atoms with E-state index in [0.29, 0.717) is 5.90 Å². The second-order valence-corrected chi connectivity index (χ2v) is 5.15. The van der Waals surface area contributed by atoms with E-state index in [9.17, 15) is 13.5 Å². The molecule has 2 atom stereocenters. The summed E-state index contributed by atoms with van der Waals surface area (Å²) in [6, 6.07) is 6.86. The highest BCUT2D eigenvalue weighted by Gasteiger charge is 2.29. The van der Waals surface area contributed by atoms with Gasteiger partial charge in [0.2, 0.25) is 0 Å². The standard InChI is InChI=1S/C12H15NO4S/c1-8-13-11(6-14)12(17-8)10-4-2-9(3-5-10)7-18(15)16/h2-5,11-12,14,18H,6-7H2,1H3/t11-,12-/m1/s1. The second kappa shape index (κ2) is 5.49. The maximum Gasteiger partial charge on any atom is 0.181 e. The summed E-state index contributed by atoms with van der Waals surface area (Å²) in [5.74, 6) is 0.603. The molecule has 2 rings (SSSR count). The van der Waals surface area contributed by atoms with Gasteiger partial charge in [0.1, 0.15) is 22.8 Å². The van der Waals surface area contributed by atoms with E-state index in [4.69, 9.17) is 4.74 Å². The van der Waals surface area contributed by atoms with Crippen molar-refractivity contribution in [3.8, 4) is 0 Å². The Hall–Kier alpha value is -1.40. The Kier molecular flexibility index (Phi) is 3.98. The topological polar surface area (TPSA) is 76.0 Å². The van der Waals surface area contributed by atoms with Crippen LogP contribution in [0.5, 0.6) is 0 Å². The summed E-state index contributed by atoms with van der Waals surface area (Å²) in [5.41, 5.74) is 1.63. The maximum absolute atomic E-state index is 10.6. The van der Waals surface area contributed by atoms with Gasteiger partial charge in [0.15, 0.2) is 5.90 Å². The Morgan fingerprint density at radius 3 is 2.56 bits per heavy atom. The largest absolute Gasteiger partial charge is 0.471 e. The highest BCUT2D eigenvalue weighted by atomic mass is 32.2. The molecule has 0 amide bonds. The minimum absolute atomic E-state index is 0.0418. The first kappa shape index (κ1) is 13.0. The number of benzene rings is 1. The molecule has 1 heterocycles. The van der Waals surface area contributed by atoms with Gasteiger partial charge < -0.3 is 9.84 Å². The molecule has 0 radical (unpaired) electrons. The lowest BCUT2D eigenvalue weighted by Crippen LogP contribution is -2.17. The number of aliphatic imine (C=N–C) groups is 1. The van der Waals surface area contributed by atoms with E-state index in [1.54, 1.807) is 19.1 Å². The number of aliphatic hydroxyl groups is 1. The molecule has 18 heavy (non-hydrogen) atoms. The highest BCUT2D eigenvalue weighted by molar-refractivity contribution is 7.71. The average molecular weight is 269 g/mol. The van der Waals surface area contributed by atoms with Crippen molar-refractivity contribution in [3.63, 3.8) is 0 Å². The molecule has 0 spiro atoms. The molecule has 5 nitrogen and oxygen atoms in total. The normalized spacial score (nSPS) is 22.9. The SMILES string of the molecule is CC1=N[C@H](CO)[C@@H](c2ccc(C[SH](=O)=O)cc2)O1. The van der Waals surface area contributed by atoms with Crippen LogP contribution in [0.4, 0.5) is 0 Å².